The number of ether oxygens (including phenoxy) is 1. The molecule has 0 aliphatic carbocycles. The summed E-state index contributed by atoms with van der Waals surface area (Å²) in [6.07, 6.45) is 0.326. The van der Waals surface area contributed by atoms with Crippen LogP contribution in [0.1, 0.15) is 25.0 Å². The van der Waals surface area contributed by atoms with Crippen molar-refractivity contribution in [1.82, 2.24) is 9.88 Å². The lowest BCUT2D eigenvalue weighted by Crippen LogP contribution is -2.51. The van der Waals surface area contributed by atoms with Gasteiger partial charge in [0.05, 0.1) is 23.2 Å². The number of thiazole rings is 1. The largest absolute Gasteiger partial charge is 0.466 e. The molecule has 0 radical (unpaired) electrons. The van der Waals surface area contributed by atoms with E-state index in [2.05, 4.69) is 28.9 Å². The van der Waals surface area contributed by atoms with E-state index < -0.39 is 0 Å². The second kappa shape index (κ2) is 9.33. The Labute approximate surface area is 186 Å². The molecule has 30 heavy (non-hydrogen) atoms. The molecular formula is C23H26ClN3O2S. The third-order valence-electron chi connectivity index (χ3n) is 5.41. The van der Waals surface area contributed by atoms with Crippen molar-refractivity contribution in [2.75, 3.05) is 31.1 Å². The molecule has 0 saturated carbocycles. The number of carbonyl (C=O) groups excluding carboxylic acids is 1. The van der Waals surface area contributed by atoms with Gasteiger partial charge in [-0.1, -0.05) is 47.2 Å². The highest BCUT2D eigenvalue weighted by atomic mass is 35.5. The third kappa shape index (κ3) is 4.94. The molecule has 0 N–H and O–H groups in total. The van der Waals surface area contributed by atoms with Gasteiger partial charge in [-0.15, -0.1) is 0 Å². The number of nitrogens with zero attached hydrogens (tertiary/aromatic N) is 3. The average Bonchev–Trinajstić information content (AvgIpc) is 3.13. The molecule has 0 bridgehead atoms. The lowest BCUT2D eigenvalue weighted by atomic mass is 10.1. The van der Waals surface area contributed by atoms with Crippen LogP contribution in [0, 0.1) is 0 Å². The van der Waals surface area contributed by atoms with E-state index in [9.17, 15) is 4.79 Å². The number of hydrogen-bond acceptors (Lipinski definition) is 6. The van der Waals surface area contributed by atoms with Crippen LogP contribution in [0.15, 0.2) is 42.5 Å². The van der Waals surface area contributed by atoms with Crippen LogP contribution in [0.2, 0.25) is 5.02 Å². The number of rotatable bonds is 6. The van der Waals surface area contributed by atoms with E-state index in [0.717, 1.165) is 52.1 Å². The smallest absolute Gasteiger partial charge is 0.310 e. The van der Waals surface area contributed by atoms with Crippen molar-refractivity contribution in [1.29, 1.82) is 0 Å². The zero-order valence-corrected chi connectivity index (χ0v) is 18.9. The average molecular weight is 444 g/mol. The van der Waals surface area contributed by atoms with E-state index >= 15 is 0 Å². The second-order valence-electron chi connectivity index (χ2n) is 7.68. The monoisotopic (exact) mass is 443 g/mol. The minimum Gasteiger partial charge on any atom is -0.466 e. The van der Waals surface area contributed by atoms with Crippen molar-refractivity contribution >= 4 is 44.3 Å². The summed E-state index contributed by atoms with van der Waals surface area (Å²) in [6.45, 7) is 8.25. The number of fused-ring (bicyclic) bond motifs is 1. The van der Waals surface area contributed by atoms with E-state index in [4.69, 9.17) is 21.3 Å². The molecule has 5 nitrogen and oxygen atoms in total. The third-order valence-corrected chi connectivity index (χ3v) is 6.72. The van der Waals surface area contributed by atoms with E-state index in [0.29, 0.717) is 19.1 Å². The molecule has 2 aromatic carbocycles. The van der Waals surface area contributed by atoms with Crippen molar-refractivity contribution in [3.8, 4) is 0 Å². The number of aromatic nitrogens is 1. The minimum atomic E-state index is -0.172. The van der Waals surface area contributed by atoms with Gasteiger partial charge in [0.2, 0.25) is 0 Å². The van der Waals surface area contributed by atoms with E-state index in [-0.39, 0.29) is 5.97 Å². The number of halogens is 1. The number of benzene rings is 2. The van der Waals surface area contributed by atoms with Crippen LogP contribution in [0.3, 0.4) is 0 Å². The van der Waals surface area contributed by atoms with Crippen molar-refractivity contribution in [3.63, 3.8) is 0 Å². The summed E-state index contributed by atoms with van der Waals surface area (Å²) in [5.74, 6) is -0.172. The molecule has 4 rings (SSSR count). The summed E-state index contributed by atoms with van der Waals surface area (Å²) in [5.41, 5.74) is 3.24. The highest BCUT2D eigenvalue weighted by Gasteiger charge is 2.25. The van der Waals surface area contributed by atoms with Crippen molar-refractivity contribution < 1.29 is 9.53 Å². The Kier molecular flexibility index (Phi) is 6.56. The Morgan fingerprint density at radius 1 is 1.23 bits per heavy atom. The fourth-order valence-corrected chi connectivity index (χ4v) is 5.15. The lowest BCUT2D eigenvalue weighted by Gasteiger charge is -2.39. The Hall–Kier alpha value is -2.15. The molecule has 0 spiro atoms. The first kappa shape index (κ1) is 21.1. The van der Waals surface area contributed by atoms with Crippen LogP contribution in [-0.4, -0.2) is 48.1 Å². The summed E-state index contributed by atoms with van der Waals surface area (Å²) < 4.78 is 6.20. The normalized spacial score (nSPS) is 17.4. The van der Waals surface area contributed by atoms with Crippen molar-refractivity contribution in [3.05, 3.63) is 58.6 Å². The number of anilines is 1. The Bertz CT molecular complexity index is 1040. The van der Waals surface area contributed by atoms with Gasteiger partial charge < -0.3 is 9.64 Å². The fourth-order valence-electron chi connectivity index (χ4n) is 3.88. The van der Waals surface area contributed by atoms with Gasteiger partial charge in [0.15, 0.2) is 5.13 Å². The van der Waals surface area contributed by atoms with E-state index in [1.807, 2.05) is 37.3 Å². The molecule has 7 heteroatoms. The van der Waals surface area contributed by atoms with Crippen LogP contribution < -0.4 is 4.90 Å². The molecule has 0 unspecified atom stereocenters. The molecule has 1 aliphatic rings. The van der Waals surface area contributed by atoms with Crippen LogP contribution in [0.4, 0.5) is 5.13 Å². The second-order valence-corrected chi connectivity index (χ2v) is 9.12. The molecule has 0 amide bonds. The maximum atomic E-state index is 11.8. The number of esters is 1. The zero-order valence-electron chi connectivity index (χ0n) is 17.3. The highest BCUT2D eigenvalue weighted by Crippen LogP contribution is 2.32. The van der Waals surface area contributed by atoms with Gasteiger partial charge in [-0.3, -0.25) is 9.69 Å². The van der Waals surface area contributed by atoms with Crippen molar-refractivity contribution in [2.45, 2.75) is 32.9 Å². The number of carbonyl (C=O) groups is 1. The number of piperazine rings is 1. The molecule has 1 fully saturated rings. The molecule has 1 aromatic heterocycles. The summed E-state index contributed by atoms with van der Waals surface area (Å²) in [6, 6.07) is 14.5. The van der Waals surface area contributed by atoms with E-state index in [1.54, 1.807) is 11.3 Å². The summed E-state index contributed by atoms with van der Waals surface area (Å²) in [7, 11) is 0. The maximum absolute atomic E-state index is 11.8. The predicted molar refractivity (Wildman–Crippen MR) is 123 cm³/mol. The first-order valence-corrected chi connectivity index (χ1v) is 11.5. The van der Waals surface area contributed by atoms with Gasteiger partial charge in [0, 0.05) is 37.2 Å². The lowest BCUT2D eigenvalue weighted by molar-refractivity contribution is -0.142. The maximum Gasteiger partial charge on any atom is 0.310 e. The molecule has 1 atom stereocenters. The molecule has 2 heterocycles. The van der Waals surface area contributed by atoms with Gasteiger partial charge in [0.1, 0.15) is 0 Å². The van der Waals surface area contributed by atoms with Gasteiger partial charge in [-0.05, 0) is 43.2 Å². The SMILES string of the molecule is CCOC(=O)Cc1cccc(CN2CCN(c3nc4ccc(Cl)cc4s3)C[C@H]2C)c1. The summed E-state index contributed by atoms with van der Waals surface area (Å²) >= 11 is 7.83. The number of hydrogen-bond donors (Lipinski definition) is 0. The van der Waals surface area contributed by atoms with Crippen LogP contribution in [0.25, 0.3) is 10.2 Å². The fraction of sp³-hybridized carbons (Fsp3) is 0.391. The molecule has 3 aromatic rings. The Balaban J connectivity index is 1.39. The van der Waals surface area contributed by atoms with Gasteiger partial charge in [-0.25, -0.2) is 4.98 Å². The van der Waals surface area contributed by atoms with Gasteiger partial charge in [-0.2, -0.15) is 0 Å². The molecule has 1 aliphatic heterocycles. The van der Waals surface area contributed by atoms with E-state index in [1.165, 1.54) is 5.56 Å². The zero-order chi connectivity index (χ0) is 21.1. The Morgan fingerprint density at radius 3 is 2.87 bits per heavy atom. The first-order chi connectivity index (χ1) is 14.5. The summed E-state index contributed by atoms with van der Waals surface area (Å²) in [4.78, 5) is 21.4. The topological polar surface area (TPSA) is 45.7 Å². The Morgan fingerprint density at radius 2 is 2.07 bits per heavy atom. The quantitative estimate of drug-likeness (QED) is 0.513. The first-order valence-electron chi connectivity index (χ1n) is 10.3. The highest BCUT2D eigenvalue weighted by molar-refractivity contribution is 7.22. The molecule has 158 valence electrons. The summed E-state index contributed by atoms with van der Waals surface area (Å²) in [5, 5.41) is 1.82. The van der Waals surface area contributed by atoms with Crippen molar-refractivity contribution in [2.24, 2.45) is 0 Å². The molecular weight excluding hydrogens is 418 g/mol. The standard InChI is InChI=1S/C23H26ClN3O2S/c1-3-29-22(28)12-17-5-4-6-18(11-17)15-26-9-10-27(14-16(26)2)23-25-20-8-7-19(24)13-21(20)30-23/h4-8,11,13,16H,3,9-10,12,14-15H2,1-2H3/t16-/m1/s1. The van der Waals surface area contributed by atoms with Crippen LogP contribution in [0.5, 0.6) is 0 Å². The molecule has 1 saturated heterocycles. The minimum absolute atomic E-state index is 0.172. The van der Waals surface area contributed by atoms with Crippen LogP contribution in [-0.2, 0) is 22.5 Å². The van der Waals surface area contributed by atoms with Crippen LogP contribution >= 0.6 is 22.9 Å². The van der Waals surface area contributed by atoms with Gasteiger partial charge >= 0.3 is 5.97 Å². The predicted octanol–water partition coefficient (Wildman–Crippen LogP) is 4.77. The van der Waals surface area contributed by atoms with Gasteiger partial charge in [0.25, 0.3) is 0 Å².